The molecule has 0 N–H and O–H groups in total. The molecule has 0 nitrogen and oxygen atoms in total. The lowest BCUT2D eigenvalue weighted by atomic mass is 10.1. The van der Waals surface area contributed by atoms with Gasteiger partial charge in [-0.1, -0.05) is 76.8 Å². The fourth-order valence-electron chi connectivity index (χ4n) is 2.68. The average Bonchev–Trinajstić information content (AvgIpc) is 2.53. The van der Waals surface area contributed by atoms with E-state index in [1.54, 1.807) is 12.1 Å². The molecule has 22 heavy (non-hydrogen) atoms. The molecule has 2 heteroatoms. The molecule has 1 aromatic rings. The van der Waals surface area contributed by atoms with Gasteiger partial charge in [0.1, 0.15) is 5.82 Å². The van der Waals surface area contributed by atoms with Crippen LogP contribution in [0.3, 0.4) is 0 Å². The van der Waals surface area contributed by atoms with E-state index in [1.807, 2.05) is 23.9 Å². The van der Waals surface area contributed by atoms with E-state index < -0.39 is 0 Å². The maximum atomic E-state index is 12.9. The summed E-state index contributed by atoms with van der Waals surface area (Å²) in [5.41, 5.74) is 1.23. The maximum absolute atomic E-state index is 12.9. The van der Waals surface area contributed by atoms with Gasteiger partial charge < -0.3 is 0 Å². The highest BCUT2D eigenvalue weighted by Gasteiger charge is 2.05. The van der Waals surface area contributed by atoms with Gasteiger partial charge in [0, 0.05) is 5.25 Å². The van der Waals surface area contributed by atoms with Gasteiger partial charge in [-0.05, 0) is 36.8 Å². The molecule has 0 aliphatic carbocycles. The second-order valence-corrected chi connectivity index (χ2v) is 7.70. The van der Waals surface area contributed by atoms with Crippen molar-refractivity contribution in [3.63, 3.8) is 0 Å². The fraction of sp³-hybridized carbons (Fsp3) is 0.700. The molecule has 1 atom stereocenters. The first-order valence-corrected chi connectivity index (χ1v) is 10.2. The lowest BCUT2D eigenvalue weighted by Crippen LogP contribution is -1.91. The summed E-state index contributed by atoms with van der Waals surface area (Å²) in [6.07, 6.45) is 13.9. The lowest BCUT2D eigenvalue weighted by molar-refractivity contribution is 0.563. The van der Waals surface area contributed by atoms with Crippen LogP contribution in [-0.2, 0) is 0 Å². The van der Waals surface area contributed by atoms with Crippen LogP contribution in [0.15, 0.2) is 24.3 Å². The fourth-order valence-corrected chi connectivity index (χ4v) is 3.75. The Labute approximate surface area is 141 Å². The van der Waals surface area contributed by atoms with Crippen molar-refractivity contribution in [2.24, 2.45) is 0 Å². The Kier molecular flexibility index (Phi) is 11.5. The molecule has 0 heterocycles. The van der Waals surface area contributed by atoms with Crippen molar-refractivity contribution in [3.05, 3.63) is 35.6 Å². The van der Waals surface area contributed by atoms with Crippen molar-refractivity contribution in [1.82, 2.24) is 0 Å². The van der Waals surface area contributed by atoms with Gasteiger partial charge >= 0.3 is 0 Å². The van der Waals surface area contributed by atoms with Crippen LogP contribution < -0.4 is 0 Å². The summed E-state index contributed by atoms with van der Waals surface area (Å²) in [6.45, 7) is 4.49. The normalized spacial score (nSPS) is 12.5. The van der Waals surface area contributed by atoms with E-state index in [1.165, 1.54) is 75.5 Å². The Bertz CT molecular complexity index is 360. The zero-order valence-corrected chi connectivity index (χ0v) is 15.3. The third kappa shape index (κ3) is 9.50. The summed E-state index contributed by atoms with van der Waals surface area (Å²) < 4.78 is 12.9. The van der Waals surface area contributed by atoms with Crippen molar-refractivity contribution >= 4 is 11.8 Å². The first kappa shape index (κ1) is 19.5. The monoisotopic (exact) mass is 324 g/mol. The van der Waals surface area contributed by atoms with Crippen LogP contribution in [0.25, 0.3) is 0 Å². The second-order valence-electron chi connectivity index (χ2n) is 6.25. The number of halogens is 1. The number of hydrogen-bond acceptors (Lipinski definition) is 1. The molecular weight excluding hydrogens is 291 g/mol. The molecule has 1 rings (SSSR count). The SMILES string of the molecule is CCCCCCCCCCCCSC(C)c1ccc(F)cc1. The zero-order valence-electron chi connectivity index (χ0n) is 14.5. The summed E-state index contributed by atoms with van der Waals surface area (Å²) in [5.74, 6) is 1.07. The minimum atomic E-state index is -0.143. The minimum Gasteiger partial charge on any atom is -0.207 e. The number of rotatable bonds is 13. The van der Waals surface area contributed by atoms with Crippen LogP contribution in [0, 0.1) is 5.82 Å². The van der Waals surface area contributed by atoms with Gasteiger partial charge in [0.2, 0.25) is 0 Å². The first-order valence-electron chi connectivity index (χ1n) is 9.11. The summed E-state index contributed by atoms with van der Waals surface area (Å²) >= 11 is 1.99. The summed E-state index contributed by atoms with van der Waals surface area (Å²) in [4.78, 5) is 0. The smallest absolute Gasteiger partial charge is 0.123 e. The predicted octanol–water partition coefficient (Wildman–Crippen LogP) is 7.54. The standard InChI is InChI=1S/C20H33FS/c1-3-4-5-6-7-8-9-10-11-12-17-22-18(2)19-13-15-20(21)16-14-19/h13-16,18H,3-12,17H2,1-2H3. The minimum absolute atomic E-state index is 0.143. The molecule has 0 aliphatic rings. The molecule has 1 unspecified atom stereocenters. The van der Waals surface area contributed by atoms with Crippen molar-refractivity contribution in [2.75, 3.05) is 5.75 Å². The third-order valence-corrected chi connectivity index (χ3v) is 5.50. The Hall–Kier alpha value is -0.500. The van der Waals surface area contributed by atoms with Crippen LogP contribution >= 0.6 is 11.8 Å². The molecule has 0 radical (unpaired) electrons. The summed E-state index contributed by atoms with van der Waals surface area (Å²) in [7, 11) is 0. The van der Waals surface area contributed by atoms with Crippen molar-refractivity contribution < 1.29 is 4.39 Å². The maximum Gasteiger partial charge on any atom is 0.123 e. The molecular formula is C20H33FS. The van der Waals surface area contributed by atoms with Gasteiger partial charge in [0.05, 0.1) is 0 Å². The van der Waals surface area contributed by atoms with Gasteiger partial charge in [-0.15, -0.1) is 0 Å². The van der Waals surface area contributed by atoms with E-state index >= 15 is 0 Å². The van der Waals surface area contributed by atoms with Gasteiger partial charge in [-0.2, -0.15) is 11.8 Å². The third-order valence-electron chi connectivity index (χ3n) is 4.21. The van der Waals surface area contributed by atoms with Gasteiger partial charge in [-0.25, -0.2) is 4.39 Å². The van der Waals surface area contributed by atoms with E-state index in [4.69, 9.17) is 0 Å². The van der Waals surface area contributed by atoms with E-state index in [0.717, 1.165) is 0 Å². The number of hydrogen-bond donors (Lipinski definition) is 0. The van der Waals surface area contributed by atoms with Crippen LogP contribution in [0.5, 0.6) is 0 Å². The van der Waals surface area contributed by atoms with Crippen molar-refractivity contribution in [1.29, 1.82) is 0 Å². The molecule has 0 spiro atoms. The van der Waals surface area contributed by atoms with E-state index in [2.05, 4.69) is 13.8 Å². The summed E-state index contributed by atoms with van der Waals surface area (Å²) in [5, 5.41) is 0.471. The lowest BCUT2D eigenvalue weighted by Gasteiger charge is -2.11. The van der Waals surface area contributed by atoms with Crippen LogP contribution in [-0.4, -0.2) is 5.75 Å². The van der Waals surface area contributed by atoms with Gasteiger partial charge in [0.15, 0.2) is 0 Å². The Morgan fingerprint density at radius 2 is 1.32 bits per heavy atom. The highest BCUT2D eigenvalue weighted by atomic mass is 32.2. The molecule has 0 saturated carbocycles. The second kappa shape index (κ2) is 13.0. The Balaban J connectivity index is 1.92. The van der Waals surface area contributed by atoms with Crippen LogP contribution in [0.1, 0.15) is 88.9 Å². The highest BCUT2D eigenvalue weighted by Crippen LogP contribution is 2.29. The van der Waals surface area contributed by atoms with Crippen LogP contribution in [0.4, 0.5) is 4.39 Å². The average molecular weight is 325 g/mol. The highest BCUT2D eigenvalue weighted by molar-refractivity contribution is 7.99. The van der Waals surface area contributed by atoms with Gasteiger partial charge in [0.25, 0.3) is 0 Å². The van der Waals surface area contributed by atoms with E-state index in [-0.39, 0.29) is 5.82 Å². The molecule has 0 aliphatic heterocycles. The molecule has 0 bridgehead atoms. The summed E-state index contributed by atoms with van der Waals surface area (Å²) in [6, 6.07) is 6.94. The molecule has 0 aromatic heterocycles. The number of thioether (sulfide) groups is 1. The largest absolute Gasteiger partial charge is 0.207 e. The zero-order chi connectivity index (χ0) is 16.0. The van der Waals surface area contributed by atoms with Crippen molar-refractivity contribution in [2.45, 2.75) is 83.3 Å². The van der Waals surface area contributed by atoms with E-state index in [0.29, 0.717) is 5.25 Å². The van der Waals surface area contributed by atoms with E-state index in [9.17, 15) is 4.39 Å². The Morgan fingerprint density at radius 1 is 0.818 bits per heavy atom. The molecule has 0 saturated heterocycles. The Morgan fingerprint density at radius 3 is 1.86 bits per heavy atom. The first-order chi connectivity index (χ1) is 10.7. The quantitative estimate of drug-likeness (QED) is 0.338. The molecule has 0 amide bonds. The number of benzene rings is 1. The number of unbranched alkanes of at least 4 members (excludes halogenated alkanes) is 9. The van der Waals surface area contributed by atoms with Crippen LogP contribution in [0.2, 0.25) is 0 Å². The van der Waals surface area contributed by atoms with Crippen molar-refractivity contribution in [3.8, 4) is 0 Å². The molecule has 1 aromatic carbocycles. The predicted molar refractivity (Wildman–Crippen MR) is 99.1 cm³/mol. The molecule has 0 fully saturated rings. The molecule has 126 valence electrons. The van der Waals surface area contributed by atoms with Gasteiger partial charge in [-0.3, -0.25) is 0 Å². The topological polar surface area (TPSA) is 0 Å².